The zero-order chi connectivity index (χ0) is 19.2. The highest BCUT2D eigenvalue weighted by atomic mass is 16.6. The molecule has 0 aliphatic rings. The van der Waals surface area contributed by atoms with Crippen molar-refractivity contribution in [1.29, 1.82) is 0 Å². The topological polar surface area (TPSA) is 92.9 Å². The summed E-state index contributed by atoms with van der Waals surface area (Å²) in [7, 11) is 4.57. The monoisotopic (exact) mass is 370 g/mol. The van der Waals surface area contributed by atoms with E-state index in [1.54, 1.807) is 25.3 Å². The normalized spacial score (nSPS) is 10.3. The highest BCUT2D eigenvalue weighted by molar-refractivity contribution is 5.90. The predicted molar refractivity (Wildman–Crippen MR) is 95.0 cm³/mol. The van der Waals surface area contributed by atoms with Gasteiger partial charge in [-0.1, -0.05) is 17.3 Å². The molecule has 140 valence electrons. The number of ether oxygens (including phenoxy) is 4. The van der Waals surface area contributed by atoms with Gasteiger partial charge in [-0.3, -0.25) is 0 Å². The molecule has 0 spiro atoms. The van der Waals surface area contributed by atoms with Gasteiger partial charge in [0.2, 0.25) is 5.82 Å². The van der Waals surface area contributed by atoms with E-state index in [0.717, 1.165) is 0 Å². The average molecular weight is 370 g/mol. The fourth-order valence-electron chi connectivity index (χ4n) is 2.43. The molecule has 3 rings (SSSR count). The summed E-state index contributed by atoms with van der Waals surface area (Å²) in [5.74, 6) is 1.55. The number of rotatable bonds is 7. The molecule has 27 heavy (non-hydrogen) atoms. The lowest BCUT2D eigenvalue weighted by molar-refractivity contribution is 0.0429. The van der Waals surface area contributed by atoms with Crippen molar-refractivity contribution in [3.63, 3.8) is 0 Å². The summed E-state index contributed by atoms with van der Waals surface area (Å²) < 4.78 is 26.0. The maximum absolute atomic E-state index is 12.2. The molecule has 0 bridgehead atoms. The van der Waals surface area contributed by atoms with E-state index in [0.29, 0.717) is 34.2 Å². The van der Waals surface area contributed by atoms with Crippen LogP contribution in [0.1, 0.15) is 16.2 Å². The molecule has 0 amide bonds. The van der Waals surface area contributed by atoms with Gasteiger partial charge in [0.25, 0.3) is 5.89 Å². The molecule has 0 atom stereocenters. The number of carbonyl (C=O) groups excluding carboxylic acids is 1. The molecular formula is C19H18N2O6. The number of methoxy groups -OCH3 is 3. The van der Waals surface area contributed by atoms with Crippen molar-refractivity contribution in [2.45, 2.75) is 6.61 Å². The summed E-state index contributed by atoms with van der Waals surface area (Å²) in [5, 5.41) is 3.90. The lowest BCUT2D eigenvalue weighted by Crippen LogP contribution is -2.06. The number of hydrogen-bond acceptors (Lipinski definition) is 8. The molecule has 0 aliphatic heterocycles. The third-order valence-electron chi connectivity index (χ3n) is 3.76. The van der Waals surface area contributed by atoms with Crippen molar-refractivity contribution < 1.29 is 28.3 Å². The third kappa shape index (κ3) is 4.00. The fourth-order valence-corrected chi connectivity index (χ4v) is 2.43. The minimum Gasteiger partial charge on any atom is -0.496 e. The van der Waals surface area contributed by atoms with Crippen LogP contribution in [0.25, 0.3) is 11.4 Å². The Kier molecular flexibility index (Phi) is 5.55. The predicted octanol–water partition coefficient (Wildman–Crippen LogP) is 3.12. The van der Waals surface area contributed by atoms with E-state index >= 15 is 0 Å². The van der Waals surface area contributed by atoms with E-state index in [2.05, 4.69) is 10.1 Å². The van der Waals surface area contributed by atoms with Gasteiger partial charge in [0.1, 0.15) is 5.75 Å². The van der Waals surface area contributed by atoms with Crippen molar-refractivity contribution in [3.05, 3.63) is 53.9 Å². The molecule has 0 unspecified atom stereocenters. The number of nitrogens with zero attached hydrogens (tertiary/aromatic N) is 2. The Morgan fingerprint density at radius 1 is 0.963 bits per heavy atom. The molecule has 1 heterocycles. The number of carbonyl (C=O) groups is 1. The second-order valence-electron chi connectivity index (χ2n) is 5.36. The Hall–Kier alpha value is -3.55. The molecule has 8 heteroatoms. The quantitative estimate of drug-likeness (QED) is 0.586. The fraction of sp³-hybridized carbons (Fsp3) is 0.211. The second-order valence-corrected chi connectivity index (χ2v) is 5.36. The minimum atomic E-state index is -0.548. The van der Waals surface area contributed by atoms with E-state index in [-0.39, 0.29) is 12.5 Å². The van der Waals surface area contributed by atoms with Crippen LogP contribution in [0.5, 0.6) is 17.2 Å². The van der Waals surface area contributed by atoms with Crippen LogP contribution in [0.2, 0.25) is 0 Å². The van der Waals surface area contributed by atoms with Crippen molar-refractivity contribution in [2.24, 2.45) is 0 Å². The van der Waals surface area contributed by atoms with Gasteiger partial charge < -0.3 is 23.5 Å². The van der Waals surface area contributed by atoms with Crippen LogP contribution in [0, 0.1) is 0 Å². The first kappa shape index (κ1) is 18.2. The second kappa shape index (κ2) is 8.22. The molecule has 2 aromatic carbocycles. The zero-order valence-electron chi connectivity index (χ0n) is 15.1. The molecule has 3 aromatic rings. The largest absolute Gasteiger partial charge is 0.496 e. The van der Waals surface area contributed by atoms with E-state index < -0.39 is 5.97 Å². The van der Waals surface area contributed by atoms with Gasteiger partial charge in [0.15, 0.2) is 18.1 Å². The standard InChI is InChI=1S/C19H18N2O6/c1-23-14-7-5-4-6-13(14)18-20-17(27-21-18)11-26-19(22)12-8-9-15(24-2)16(10-12)25-3/h4-10H,11H2,1-3H3. The van der Waals surface area contributed by atoms with Crippen LogP contribution in [-0.4, -0.2) is 37.4 Å². The Balaban J connectivity index is 1.69. The molecule has 0 N–H and O–H groups in total. The van der Waals surface area contributed by atoms with Crippen LogP contribution in [-0.2, 0) is 11.3 Å². The van der Waals surface area contributed by atoms with Crippen LogP contribution >= 0.6 is 0 Å². The summed E-state index contributed by atoms with van der Waals surface area (Å²) in [4.78, 5) is 16.5. The lowest BCUT2D eigenvalue weighted by Gasteiger charge is -2.08. The van der Waals surface area contributed by atoms with Gasteiger partial charge in [0, 0.05) is 0 Å². The maximum atomic E-state index is 12.2. The molecule has 0 saturated heterocycles. The first-order valence-corrected chi connectivity index (χ1v) is 8.01. The molecule has 0 fully saturated rings. The molecule has 0 saturated carbocycles. The summed E-state index contributed by atoms with van der Waals surface area (Å²) in [6.45, 7) is -0.157. The Bertz CT molecular complexity index is 937. The van der Waals surface area contributed by atoms with Gasteiger partial charge in [-0.05, 0) is 30.3 Å². The Morgan fingerprint density at radius 3 is 2.44 bits per heavy atom. The van der Waals surface area contributed by atoms with Gasteiger partial charge in [-0.2, -0.15) is 4.98 Å². The van der Waals surface area contributed by atoms with Gasteiger partial charge in [0.05, 0.1) is 32.5 Å². The molecule has 0 aliphatic carbocycles. The minimum absolute atomic E-state index is 0.157. The molecular weight excluding hydrogens is 352 g/mol. The van der Waals surface area contributed by atoms with E-state index in [9.17, 15) is 4.79 Å². The van der Waals surface area contributed by atoms with E-state index in [1.165, 1.54) is 20.3 Å². The molecule has 0 radical (unpaired) electrons. The smallest absolute Gasteiger partial charge is 0.338 e. The van der Waals surface area contributed by atoms with Crippen molar-refractivity contribution in [3.8, 4) is 28.6 Å². The Labute approximate surface area is 155 Å². The summed E-state index contributed by atoms with van der Waals surface area (Å²) >= 11 is 0. The number of benzene rings is 2. The van der Waals surface area contributed by atoms with Crippen LogP contribution in [0.15, 0.2) is 47.0 Å². The van der Waals surface area contributed by atoms with Crippen molar-refractivity contribution in [1.82, 2.24) is 10.1 Å². The van der Waals surface area contributed by atoms with Crippen LogP contribution < -0.4 is 14.2 Å². The molecule has 8 nitrogen and oxygen atoms in total. The number of aromatic nitrogens is 2. The highest BCUT2D eigenvalue weighted by Crippen LogP contribution is 2.28. The van der Waals surface area contributed by atoms with Crippen LogP contribution in [0.4, 0.5) is 0 Å². The van der Waals surface area contributed by atoms with Crippen LogP contribution in [0.3, 0.4) is 0 Å². The third-order valence-corrected chi connectivity index (χ3v) is 3.76. The first-order valence-electron chi connectivity index (χ1n) is 8.01. The van der Waals surface area contributed by atoms with Gasteiger partial charge in [-0.15, -0.1) is 0 Å². The summed E-state index contributed by atoms with van der Waals surface area (Å²) in [5.41, 5.74) is 0.998. The zero-order valence-corrected chi connectivity index (χ0v) is 15.1. The van der Waals surface area contributed by atoms with E-state index in [4.69, 9.17) is 23.5 Å². The summed E-state index contributed by atoms with van der Waals surface area (Å²) in [6, 6.07) is 12.0. The summed E-state index contributed by atoms with van der Waals surface area (Å²) in [6.07, 6.45) is 0. The molecule has 1 aromatic heterocycles. The van der Waals surface area contributed by atoms with E-state index in [1.807, 2.05) is 18.2 Å². The average Bonchev–Trinajstić information content (AvgIpc) is 3.20. The number of para-hydroxylation sites is 1. The van der Waals surface area contributed by atoms with Crippen molar-refractivity contribution in [2.75, 3.05) is 21.3 Å². The Morgan fingerprint density at radius 2 is 1.70 bits per heavy atom. The number of esters is 1. The van der Waals surface area contributed by atoms with Gasteiger partial charge in [-0.25, -0.2) is 4.79 Å². The first-order chi connectivity index (χ1) is 13.2. The SMILES string of the molecule is COc1ccc(C(=O)OCc2nc(-c3ccccc3OC)no2)cc1OC. The van der Waals surface area contributed by atoms with Crippen molar-refractivity contribution >= 4 is 5.97 Å². The highest BCUT2D eigenvalue weighted by Gasteiger charge is 2.16. The number of hydrogen-bond donors (Lipinski definition) is 0. The van der Waals surface area contributed by atoms with Gasteiger partial charge >= 0.3 is 5.97 Å². The lowest BCUT2D eigenvalue weighted by atomic mass is 10.2. The maximum Gasteiger partial charge on any atom is 0.338 e.